The Labute approximate surface area is 173 Å². The molecule has 2 atom stereocenters. The molecular formula is C23H22N2O3S. The predicted octanol–water partition coefficient (Wildman–Crippen LogP) is 3.60. The predicted molar refractivity (Wildman–Crippen MR) is 113 cm³/mol. The van der Waals surface area contributed by atoms with Crippen LogP contribution in [-0.2, 0) is 11.3 Å². The second-order valence-corrected chi connectivity index (χ2v) is 8.71. The largest absolute Gasteiger partial charge is 0.484 e. The van der Waals surface area contributed by atoms with Crippen LogP contribution in [0.4, 0.5) is 0 Å². The molecule has 0 saturated carbocycles. The first kappa shape index (κ1) is 18.2. The molecule has 0 spiro atoms. The molecule has 1 saturated heterocycles. The number of carbonyl (C=O) groups excluding carboxylic acids is 1. The summed E-state index contributed by atoms with van der Waals surface area (Å²) in [7, 11) is 0. The highest BCUT2D eigenvalue weighted by atomic mass is 32.1. The van der Waals surface area contributed by atoms with E-state index < -0.39 is 0 Å². The highest BCUT2D eigenvalue weighted by Crippen LogP contribution is 2.36. The highest BCUT2D eigenvalue weighted by Gasteiger charge is 2.36. The van der Waals surface area contributed by atoms with Crippen LogP contribution in [0.1, 0.15) is 18.0 Å². The van der Waals surface area contributed by atoms with Crippen LogP contribution in [0.25, 0.3) is 10.4 Å². The normalized spacial score (nSPS) is 20.2. The zero-order chi connectivity index (χ0) is 19.8. The van der Waals surface area contributed by atoms with Gasteiger partial charge in [0.1, 0.15) is 5.75 Å². The number of rotatable bonds is 4. The first-order valence-electron chi connectivity index (χ1n) is 9.92. The van der Waals surface area contributed by atoms with Gasteiger partial charge in [0, 0.05) is 36.1 Å². The maximum atomic E-state index is 13.1. The van der Waals surface area contributed by atoms with Crippen molar-refractivity contribution in [3.8, 4) is 16.2 Å². The van der Waals surface area contributed by atoms with Crippen LogP contribution in [0.5, 0.6) is 5.75 Å². The monoisotopic (exact) mass is 406 g/mol. The standard InChI is InChI=1S/C23H22N2O3S/c26-22(15-28-18-5-2-1-3-6-18)24-12-16-11-17(14-24)20-9-8-19(21-7-4-10-29-21)23(27)25(20)13-16/h1-10,16-17H,11-15H2/t16-,17-/m1/s1. The van der Waals surface area contributed by atoms with Crippen LogP contribution in [-0.4, -0.2) is 35.1 Å². The molecule has 0 aliphatic carbocycles. The number of fused-ring (bicyclic) bond motifs is 4. The van der Waals surface area contributed by atoms with Gasteiger partial charge in [-0.05, 0) is 48.1 Å². The van der Waals surface area contributed by atoms with Gasteiger partial charge >= 0.3 is 0 Å². The van der Waals surface area contributed by atoms with Crippen molar-refractivity contribution in [3.63, 3.8) is 0 Å². The van der Waals surface area contributed by atoms with Gasteiger partial charge < -0.3 is 14.2 Å². The number of thiophene rings is 1. The van der Waals surface area contributed by atoms with E-state index in [1.807, 2.05) is 63.4 Å². The van der Waals surface area contributed by atoms with Crippen LogP contribution in [0.15, 0.2) is 64.8 Å². The molecular weight excluding hydrogens is 384 g/mol. The Hall–Kier alpha value is -2.86. The van der Waals surface area contributed by atoms with E-state index in [0.29, 0.717) is 31.3 Å². The molecule has 2 aliphatic heterocycles. The number of hydrogen-bond acceptors (Lipinski definition) is 4. The van der Waals surface area contributed by atoms with E-state index in [4.69, 9.17) is 4.74 Å². The van der Waals surface area contributed by atoms with Crippen LogP contribution in [0, 0.1) is 5.92 Å². The quantitative estimate of drug-likeness (QED) is 0.665. The zero-order valence-electron chi connectivity index (χ0n) is 16.0. The number of para-hydroxylation sites is 1. The number of piperidine rings is 1. The number of benzene rings is 1. The molecule has 2 aromatic heterocycles. The molecule has 1 fully saturated rings. The van der Waals surface area contributed by atoms with Crippen LogP contribution in [0.2, 0.25) is 0 Å². The second kappa shape index (κ2) is 7.52. The molecule has 29 heavy (non-hydrogen) atoms. The molecule has 2 aliphatic rings. The van der Waals surface area contributed by atoms with Crippen molar-refractivity contribution < 1.29 is 9.53 Å². The molecule has 2 bridgehead atoms. The van der Waals surface area contributed by atoms with Crippen molar-refractivity contribution in [2.75, 3.05) is 19.7 Å². The Morgan fingerprint density at radius 2 is 1.90 bits per heavy atom. The van der Waals surface area contributed by atoms with Gasteiger partial charge in [-0.3, -0.25) is 9.59 Å². The summed E-state index contributed by atoms with van der Waals surface area (Å²) < 4.78 is 7.58. The molecule has 148 valence electrons. The van der Waals surface area contributed by atoms with Crippen LogP contribution >= 0.6 is 11.3 Å². The second-order valence-electron chi connectivity index (χ2n) is 7.76. The van der Waals surface area contributed by atoms with Crippen molar-refractivity contribution in [1.29, 1.82) is 0 Å². The first-order chi connectivity index (χ1) is 14.2. The van der Waals surface area contributed by atoms with Gasteiger partial charge in [0.2, 0.25) is 0 Å². The lowest BCUT2D eigenvalue weighted by Gasteiger charge is -2.42. The molecule has 3 aromatic rings. The molecule has 4 heterocycles. The number of amides is 1. The van der Waals surface area contributed by atoms with Crippen molar-refractivity contribution in [2.45, 2.75) is 18.9 Å². The Morgan fingerprint density at radius 3 is 2.69 bits per heavy atom. The number of pyridine rings is 1. The van der Waals surface area contributed by atoms with Gasteiger partial charge in [-0.15, -0.1) is 11.3 Å². The zero-order valence-corrected chi connectivity index (χ0v) is 16.8. The maximum absolute atomic E-state index is 13.1. The van der Waals surface area contributed by atoms with Crippen LogP contribution in [0.3, 0.4) is 0 Å². The summed E-state index contributed by atoms with van der Waals surface area (Å²) in [5.74, 6) is 1.22. The average Bonchev–Trinajstić information content (AvgIpc) is 3.28. The molecule has 5 rings (SSSR count). The summed E-state index contributed by atoms with van der Waals surface area (Å²) in [6.07, 6.45) is 1.03. The van der Waals surface area contributed by atoms with Gasteiger partial charge in [0.25, 0.3) is 11.5 Å². The Bertz CT molecular complexity index is 1080. The van der Waals surface area contributed by atoms with Gasteiger partial charge in [0.15, 0.2) is 6.61 Å². The summed E-state index contributed by atoms with van der Waals surface area (Å²) >= 11 is 1.59. The number of hydrogen-bond donors (Lipinski definition) is 0. The number of likely N-dealkylation sites (tertiary alicyclic amines) is 1. The van der Waals surface area contributed by atoms with E-state index in [9.17, 15) is 9.59 Å². The fraction of sp³-hybridized carbons (Fsp3) is 0.304. The summed E-state index contributed by atoms with van der Waals surface area (Å²) in [6, 6.07) is 17.4. The third-order valence-electron chi connectivity index (χ3n) is 5.85. The van der Waals surface area contributed by atoms with E-state index in [0.717, 1.165) is 22.6 Å². The van der Waals surface area contributed by atoms with E-state index in [-0.39, 0.29) is 24.0 Å². The van der Waals surface area contributed by atoms with E-state index in [1.165, 1.54) is 0 Å². The minimum Gasteiger partial charge on any atom is -0.484 e. The number of aromatic nitrogens is 1. The number of ether oxygens (including phenoxy) is 1. The summed E-state index contributed by atoms with van der Waals surface area (Å²) in [5, 5.41) is 1.99. The van der Waals surface area contributed by atoms with Crippen LogP contribution < -0.4 is 10.3 Å². The molecule has 5 nitrogen and oxygen atoms in total. The average molecular weight is 407 g/mol. The lowest BCUT2D eigenvalue weighted by Crippen LogP contribution is -2.50. The fourth-order valence-corrected chi connectivity index (χ4v) is 5.27. The number of carbonyl (C=O) groups is 1. The highest BCUT2D eigenvalue weighted by molar-refractivity contribution is 7.13. The topological polar surface area (TPSA) is 51.5 Å². The summed E-state index contributed by atoms with van der Waals surface area (Å²) in [6.45, 7) is 2.05. The van der Waals surface area contributed by atoms with Crippen molar-refractivity contribution >= 4 is 17.2 Å². The van der Waals surface area contributed by atoms with Gasteiger partial charge in [-0.1, -0.05) is 24.3 Å². The minimum absolute atomic E-state index is 0.00885. The molecule has 1 aromatic carbocycles. The number of nitrogens with zero attached hydrogens (tertiary/aromatic N) is 2. The Balaban J connectivity index is 1.34. The van der Waals surface area contributed by atoms with E-state index >= 15 is 0 Å². The first-order valence-corrected chi connectivity index (χ1v) is 10.8. The third kappa shape index (κ3) is 3.49. The van der Waals surface area contributed by atoms with Gasteiger partial charge in [0.05, 0.1) is 5.56 Å². The fourth-order valence-electron chi connectivity index (χ4n) is 4.52. The van der Waals surface area contributed by atoms with Gasteiger partial charge in [-0.25, -0.2) is 0 Å². The summed E-state index contributed by atoms with van der Waals surface area (Å²) in [5.41, 5.74) is 1.91. The molecule has 0 radical (unpaired) electrons. The molecule has 0 unspecified atom stereocenters. The van der Waals surface area contributed by atoms with Crippen molar-refractivity contribution in [3.05, 3.63) is 76.0 Å². The SMILES string of the molecule is O=C(COc1ccccc1)N1C[C@H]2C[C@H](C1)c1ccc(-c3cccs3)c(=O)n1C2. The maximum Gasteiger partial charge on any atom is 0.260 e. The molecule has 0 N–H and O–H groups in total. The van der Waals surface area contributed by atoms with E-state index in [1.54, 1.807) is 11.3 Å². The lowest BCUT2D eigenvalue weighted by molar-refractivity contribution is -0.136. The minimum atomic E-state index is 0.00885. The van der Waals surface area contributed by atoms with Crippen molar-refractivity contribution in [1.82, 2.24) is 9.47 Å². The Kier molecular flexibility index (Phi) is 4.72. The molecule has 1 amide bonds. The Morgan fingerprint density at radius 1 is 1.03 bits per heavy atom. The van der Waals surface area contributed by atoms with Crippen molar-refractivity contribution in [2.24, 2.45) is 5.92 Å². The van der Waals surface area contributed by atoms with E-state index in [2.05, 4.69) is 6.07 Å². The van der Waals surface area contributed by atoms with Gasteiger partial charge in [-0.2, -0.15) is 0 Å². The third-order valence-corrected chi connectivity index (χ3v) is 6.75. The lowest BCUT2D eigenvalue weighted by atomic mass is 9.83. The summed E-state index contributed by atoms with van der Waals surface area (Å²) in [4.78, 5) is 28.7. The molecule has 6 heteroatoms. The smallest absolute Gasteiger partial charge is 0.260 e.